The van der Waals surface area contributed by atoms with E-state index in [1.807, 2.05) is 13.8 Å². The molecule has 0 radical (unpaired) electrons. The zero-order chi connectivity index (χ0) is 19.9. The first-order chi connectivity index (χ1) is 12.8. The fourth-order valence-corrected chi connectivity index (χ4v) is 3.06. The summed E-state index contributed by atoms with van der Waals surface area (Å²) in [6.07, 6.45) is 0. The molecule has 0 heterocycles. The quantitative estimate of drug-likeness (QED) is 0.613. The molecule has 2 amide bonds. The number of benzene rings is 2. The standard InChI is InChI=1S/C18H21N3O5S/c1-3-26-15-8-10-16(11-9-15)27(24,25)19-12-17(22)20-21-18(23)14-6-4-13(2)5-7-14/h4-11,19H,3,12H2,1-2H3,(H,20,22)(H,21,23). The molecule has 27 heavy (non-hydrogen) atoms. The van der Waals surface area contributed by atoms with Crippen molar-refractivity contribution in [3.63, 3.8) is 0 Å². The van der Waals surface area contributed by atoms with Crippen LogP contribution in [0, 0.1) is 6.92 Å². The zero-order valence-corrected chi connectivity index (χ0v) is 15.8. The van der Waals surface area contributed by atoms with Crippen LogP contribution in [0.2, 0.25) is 0 Å². The predicted octanol–water partition coefficient (Wildman–Crippen LogP) is 1.13. The van der Waals surface area contributed by atoms with Gasteiger partial charge in [0.2, 0.25) is 10.0 Å². The summed E-state index contributed by atoms with van der Waals surface area (Å²) in [6, 6.07) is 12.6. The smallest absolute Gasteiger partial charge is 0.269 e. The highest BCUT2D eigenvalue weighted by Gasteiger charge is 2.16. The normalized spacial score (nSPS) is 10.9. The Morgan fingerprint density at radius 3 is 2.19 bits per heavy atom. The van der Waals surface area contributed by atoms with Gasteiger partial charge in [0.1, 0.15) is 5.75 Å². The van der Waals surface area contributed by atoms with Gasteiger partial charge in [-0.25, -0.2) is 13.1 Å². The van der Waals surface area contributed by atoms with Crippen LogP contribution in [-0.4, -0.2) is 33.4 Å². The summed E-state index contributed by atoms with van der Waals surface area (Å²) in [6.45, 7) is 3.66. The van der Waals surface area contributed by atoms with Gasteiger partial charge in [-0.15, -0.1) is 0 Å². The van der Waals surface area contributed by atoms with E-state index in [0.717, 1.165) is 5.56 Å². The van der Waals surface area contributed by atoms with Crippen LogP contribution in [0.1, 0.15) is 22.8 Å². The lowest BCUT2D eigenvalue weighted by atomic mass is 10.1. The molecule has 3 N–H and O–H groups in total. The first-order valence-electron chi connectivity index (χ1n) is 8.20. The van der Waals surface area contributed by atoms with Crippen molar-refractivity contribution in [3.8, 4) is 5.75 Å². The monoisotopic (exact) mass is 391 g/mol. The average molecular weight is 391 g/mol. The van der Waals surface area contributed by atoms with Crippen molar-refractivity contribution in [2.45, 2.75) is 18.7 Å². The minimum absolute atomic E-state index is 0.00226. The van der Waals surface area contributed by atoms with E-state index >= 15 is 0 Å². The molecule has 2 aromatic rings. The Morgan fingerprint density at radius 1 is 0.963 bits per heavy atom. The Hall–Kier alpha value is -2.91. The second kappa shape index (κ2) is 9.15. The lowest BCUT2D eigenvalue weighted by Crippen LogP contribution is -2.46. The molecule has 0 aromatic heterocycles. The summed E-state index contributed by atoms with van der Waals surface area (Å²) < 4.78 is 31.8. The molecule has 0 aliphatic rings. The molecule has 8 nitrogen and oxygen atoms in total. The molecule has 0 atom stereocenters. The van der Waals surface area contributed by atoms with E-state index in [1.54, 1.807) is 24.3 Å². The summed E-state index contributed by atoms with van der Waals surface area (Å²) in [7, 11) is -3.86. The van der Waals surface area contributed by atoms with Crippen molar-refractivity contribution in [2.24, 2.45) is 0 Å². The van der Waals surface area contributed by atoms with Gasteiger partial charge in [0, 0.05) is 5.56 Å². The molecule has 9 heteroatoms. The van der Waals surface area contributed by atoms with E-state index < -0.39 is 28.4 Å². The molecule has 0 aliphatic carbocycles. The number of hydrazine groups is 1. The lowest BCUT2D eigenvalue weighted by Gasteiger charge is -2.10. The van der Waals surface area contributed by atoms with Gasteiger partial charge < -0.3 is 4.74 Å². The highest BCUT2D eigenvalue weighted by Crippen LogP contribution is 2.15. The Balaban J connectivity index is 1.84. The van der Waals surface area contributed by atoms with Crippen LogP contribution in [0.15, 0.2) is 53.4 Å². The fraction of sp³-hybridized carbons (Fsp3) is 0.222. The minimum atomic E-state index is -3.86. The number of aryl methyl sites for hydroxylation is 1. The second-order valence-corrected chi connectivity index (χ2v) is 7.36. The van der Waals surface area contributed by atoms with Gasteiger partial charge in [-0.2, -0.15) is 0 Å². The molecule has 144 valence electrons. The highest BCUT2D eigenvalue weighted by molar-refractivity contribution is 7.89. The molecular formula is C18H21N3O5S. The van der Waals surface area contributed by atoms with Gasteiger partial charge in [-0.3, -0.25) is 20.4 Å². The number of hydrogen-bond acceptors (Lipinski definition) is 5. The van der Waals surface area contributed by atoms with E-state index in [1.165, 1.54) is 24.3 Å². The number of rotatable bonds is 7. The first kappa shape index (κ1) is 20.4. The van der Waals surface area contributed by atoms with Crippen molar-refractivity contribution >= 4 is 21.8 Å². The second-order valence-electron chi connectivity index (χ2n) is 5.60. The number of carbonyl (C=O) groups is 2. The van der Waals surface area contributed by atoms with Gasteiger partial charge in [0.05, 0.1) is 18.0 Å². The van der Waals surface area contributed by atoms with Crippen molar-refractivity contribution in [1.82, 2.24) is 15.6 Å². The van der Waals surface area contributed by atoms with Crippen LogP contribution < -0.4 is 20.3 Å². The zero-order valence-electron chi connectivity index (χ0n) is 15.0. The van der Waals surface area contributed by atoms with Crippen molar-refractivity contribution in [2.75, 3.05) is 13.2 Å². The molecule has 0 aliphatic heterocycles. The Labute approximate surface area is 157 Å². The third-order valence-electron chi connectivity index (χ3n) is 3.50. The average Bonchev–Trinajstić information content (AvgIpc) is 2.66. The predicted molar refractivity (Wildman–Crippen MR) is 99.6 cm³/mol. The molecular weight excluding hydrogens is 370 g/mol. The fourth-order valence-electron chi connectivity index (χ4n) is 2.07. The molecule has 0 unspecified atom stereocenters. The highest BCUT2D eigenvalue weighted by atomic mass is 32.2. The summed E-state index contributed by atoms with van der Waals surface area (Å²) in [5.41, 5.74) is 5.76. The molecule has 0 saturated heterocycles. The molecule has 0 spiro atoms. The summed E-state index contributed by atoms with van der Waals surface area (Å²) in [4.78, 5) is 23.7. The number of ether oxygens (including phenoxy) is 1. The largest absolute Gasteiger partial charge is 0.494 e. The van der Waals surface area contributed by atoms with E-state index in [4.69, 9.17) is 4.74 Å². The maximum Gasteiger partial charge on any atom is 0.269 e. The van der Waals surface area contributed by atoms with Crippen LogP contribution in [0.4, 0.5) is 0 Å². The van der Waals surface area contributed by atoms with Gasteiger partial charge in [0.25, 0.3) is 11.8 Å². The van der Waals surface area contributed by atoms with Gasteiger partial charge in [-0.1, -0.05) is 17.7 Å². The number of carbonyl (C=O) groups excluding carboxylic acids is 2. The Bertz CT molecular complexity index is 894. The first-order valence-corrected chi connectivity index (χ1v) is 9.68. The third kappa shape index (κ3) is 6.08. The number of hydrogen-bond donors (Lipinski definition) is 3. The van der Waals surface area contributed by atoms with E-state index in [0.29, 0.717) is 17.9 Å². The molecule has 0 bridgehead atoms. The number of sulfonamides is 1. The van der Waals surface area contributed by atoms with Crippen LogP contribution >= 0.6 is 0 Å². The maximum atomic E-state index is 12.2. The number of nitrogens with one attached hydrogen (secondary N) is 3. The molecule has 0 saturated carbocycles. The van der Waals surface area contributed by atoms with E-state index in [2.05, 4.69) is 15.6 Å². The Morgan fingerprint density at radius 2 is 1.59 bits per heavy atom. The SMILES string of the molecule is CCOc1ccc(S(=O)(=O)NCC(=O)NNC(=O)c2ccc(C)cc2)cc1. The van der Waals surface area contributed by atoms with Gasteiger partial charge >= 0.3 is 0 Å². The minimum Gasteiger partial charge on any atom is -0.494 e. The van der Waals surface area contributed by atoms with Crippen LogP contribution in [0.25, 0.3) is 0 Å². The Kier molecular flexibility index (Phi) is 6.91. The van der Waals surface area contributed by atoms with E-state index in [9.17, 15) is 18.0 Å². The molecule has 2 rings (SSSR count). The third-order valence-corrected chi connectivity index (χ3v) is 4.91. The van der Waals surface area contributed by atoms with Crippen LogP contribution in [0.5, 0.6) is 5.75 Å². The van der Waals surface area contributed by atoms with Crippen molar-refractivity contribution < 1.29 is 22.7 Å². The summed E-state index contributed by atoms with van der Waals surface area (Å²) in [5.74, 6) is -0.657. The molecule has 0 fully saturated rings. The molecule has 2 aromatic carbocycles. The van der Waals surface area contributed by atoms with E-state index in [-0.39, 0.29) is 4.90 Å². The van der Waals surface area contributed by atoms with Crippen LogP contribution in [0.3, 0.4) is 0 Å². The summed E-state index contributed by atoms with van der Waals surface area (Å²) in [5, 5.41) is 0. The lowest BCUT2D eigenvalue weighted by molar-refractivity contribution is -0.120. The summed E-state index contributed by atoms with van der Waals surface area (Å²) >= 11 is 0. The number of amides is 2. The van der Waals surface area contributed by atoms with Crippen molar-refractivity contribution in [1.29, 1.82) is 0 Å². The topological polar surface area (TPSA) is 114 Å². The maximum absolute atomic E-state index is 12.2. The van der Waals surface area contributed by atoms with Crippen LogP contribution in [-0.2, 0) is 14.8 Å². The van der Waals surface area contributed by atoms with Crippen molar-refractivity contribution in [3.05, 3.63) is 59.7 Å². The van der Waals surface area contributed by atoms with Gasteiger partial charge in [0.15, 0.2) is 0 Å². The van der Waals surface area contributed by atoms with Gasteiger partial charge in [-0.05, 0) is 50.2 Å².